The topological polar surface area (TPSA) is 38.5 Å². The van der Waals surface area contributed by atoms with Crippen LogP contribution in [0.1, 0.15) is 46.0 Å². The highest BCUT2D eigenvalue weighted by Crippen LogP contribution is 2.33. The maximum absolute atomic E-state index is 6.05. The van der Waals surface area contributed by atoms with Crippen LogP contribution in [0.25, 0.3) is 0 Å². The van der Waals surface area contributed by atoms with Gasteiger partial charge in [-0.1, -0.05) is 13.8 Å². The minimum Gasteiger partial charge on any atom is -0.381 e. The Kier molecular flexibility index (Phi) is 5.90. The molecule has 0 spiro atoms. The molecule has 2 N–H and O–H groups in total. The standard InChI is InChI=1S/C14H30N2O/c1-12(2)7-10-16(3)14(11-15)8-5-13(17-4)6-9-14/h12-13H,5-11,15H2,1-4H3. The number of rotatable bonds is 6. The van der Waals surface area contributed by atoms with Gasteiger partial charge < -0.3 is 10.5 Å². The molecule has 1 rings (SSSR count). The van der Waals surface area contributed by atoms with Crippen LogP contribution < -0.4 is 5.73 Å². The van der Waals surface area contributed by atoms with E-state index in [0.717, 1.165) is 31.8 Å². The van der Waals surface area contributed by atoms with Crippen LogP contribution in [-0.2, 0) is 4.74 Å². The van der Waals surface area contributed by atoms with Crippen LogP contribution in [0.15, 0.2) is 0 Å². The summed E-state index contributed by atoms with van der Waals surface area (Å²) >= 11 is 0. The van der Waals surface area contributed by atoms with Crippen molar-refractivity contribution in [1.82, 2.24) is 4.90 Å². The predicted octanol–water partition coefficient (Wildman–Crippen LogP) is 2.25. The maximum Gasteiger partial charge on any atom is 0.0572 e. The first-order valence-corrected chi connectivity index (χ1v) is 6.98. The van der Waals surface area contributed by atoms with Gasteiger partial charge in [0.05, 0.1) is 6.10 Å². The first-order chi connectivity index (χ1) is 8.04. The van der Waals surface area contributed by atoms with Crippen molar-refractivity contribution in [3.8, 4) is 0 Å². The Morgan fingerprint density at radius 3 is 2.35 bits per heavy atom. The minimum atomic E-state index is 0.226. The average molecular weight is 242 g/mol. The third-order valence-corrected chi connectivity index (χ3v) is 4.43. The normalized spacial score (nSPS) is 30.2. The van der Waals surface area contributed by atoms with Crippen LogP contribution in [-0.4, -0.2) is 43.8 Å². The first kappa shape index (κ1) is 14.9. The van der Waals surface area contributed by atoms with Crippen LogP contribution in [0, 0.1) is 5.92 Å². The molecule has 0 saturated heterocycles. The molecule has 102 valence electrons. The zero-order valence-corrected chi connectivity index (χ0v) is 12.0. The molecule has 0 aromatic carbocycles. The lowest BCUT2D eigenvalue weighted by molar-refractivity contribution is 0.00217. The average Bonchev–Trinajstić information content (AvgIpc) is 2.35. The second-order valence-corrected chi connectivity index (χ2v) is 5.97. The largest absolute Gasteiger partial charge is 0.381 e. The predicted molar refractivity (Wildman–Crippen MR) is 73.1 cm³/mol. The van der Waals surface area contributed by atoms with E-state index in [1.807, 2.05) is 7.11 Å². The van der Waals surface area contributed by atoms with Crippen molar-refractivity contribution >= 4 is 0 Å². The van der Waals surface area contributed by atoms with Gasteiger partial charge in [-0.3, -0.25) is 4.90 Å². The van der Waals surface area contributed by atoms with E-state index in [0.29, 0.717) is 6.10 Å². The third-order valence-electron chi connectivity index (χ3n) is 4.43. The highest BCUT2D eigenvalue weighted by atomic mass is 16.5. The van der Waals surface area contributed by atoms with E-state index in [9.17, 15) is 0 Å². The Morgan fingerprint density at radius 1 is 1.35 bits per heavy atom. The second-order valence-electron chi connectivity index (χ2n) is 5.97. The van der Waals surface area contributed by atoms with E-state index >= 15 is 0 Å². The molecule has 0 aromatic rings. The van der Waals surface area contributed by atoms with Crippen molar-refractivity contribution in [1.29, 1.82) is 0 Å². The molecule has 0 atom stereocenters. The van der Waals surface area contributed by atoms with Gasteiger partial charge in [0.1, 0.15) is 0 Å². The summed E-state index contributed by atoms with van der Waals surface area (Å²) in [6.45, 7) is 6.50. The number of hydrogen-bond donors (Lipinski definition) is 1. The molecule has 0 aromatic heterocycles. The summed E-state index contributed by atoms with van der Waals surface area (Å²) in [5, 5.41) is 0. The van der Waals surface area contributed by atoms with Gasteiger partial charge in [-0.25, -0.2) is 0 Å². The van der Waals surface area contributed by atoms with E-state index in [2.05, 4.69) is 25.8 Å². The zero-order valence-electron chi connectivity index (χ0n) is 12.0. The zero-order chi connectivity index (χ0) is 12.9. The maximum atomic E-state index is 6.05. The summed E-state index contributed by atoms with van der Waals surface area (Å²) in [5.74, 6) is 0.766. The molecule has 0 amide bonds. The van der Waals surface area contributed by atoms with Crippen molar-refractivity contribution in [2.75, 3.05) is 27.2 Å². The van der Waals surface area contributed by atoms with Gasteiger partial charge in [0.25, 0.3) is 0 Å². The van der Waals surface area contributed by atoms with Crippen molar-refractivity contribution < 1.29 is 4.74 Å². The molecule has 1 saturated carbocycles. The van der Waals surface area contributed by atoms with E-state index in [-0.39, 0.29) is 5.54 Å². The van der Waals surface area contributed by atoms with Crippen LogP contribution in [0.3, 0.4) is 0 Å². The van der Waals surface area contributed by atoms with Crippen LogP contribution in [0.5, 0.6) is 0 Å². The molecular formula is C14H30N2O. The van der Waals surface area contributed by atoms with Crippen molar-refractivity contribution in [3.05, 3.63) is 0 Å². The number of methoxy groups -OCH3 is 1. The Hall–Kier alpha value is -0.120. The van der Waals surface area contributed by atoms with Gasteiger partial charge >= 0.3 is 0 Å². The summed E-state index contributed by atoms with van der Waals surface area (Å²) in [6, 6.07) is 0. The summed E-state index contributed by atoms with van der Waals surface area (Å²) in [4.78, 5) is 2.50. The van der Waals surface area contributed by atoms with E-state index < -0.39 is 0 Å². The Labute approximate surface area is 107 Å². The number of nitrogens with two attached hydrogens (primary N) is 1. The van der Waals surface area contributed by atoms with Crippen molar-refractivity contribution in [2.45, 2.75) is 57.6 Å². The lowest BCUT2D eigenvalue weighted by atomic mass is 9.79. The third kappa shape index (κ3) is 3.94. The molecule has 3 nitrogen and oxygen atoms in total. The Balaban J connectivity index is 2.51. The smallest absolute Gasteiger partial charge is 0.0572 e. The number of ether oxygens (including phenoxy) is 1. The van der Waals surface area contributed by atoms with Gasteiger partial charge in [0.15, 0.2) is 0 Å². The van der Waals surface area contributed by atoms with Gasteiger partial charge in [-0.05, 0) is 51.6 Å². The Morgan fingerprint density at radius 2 is 1.94 bits per heavy atom. The summed E-state index contributed by atoms with van der Waals surface area (Å²) in [6.07, 6.45) is 6.37. The van der Waals surface area contributed by atoms with E-state index in [1.165, 1.54) is 19.3 Å². The van der Waals surface area contributed by atoms with Crippen LogP contribution >= 0.6 is 0 Å². The molecule has 3 heteroatoms. The number of hydrogen-bond acceptors (Lipinski definition) is 3. The quantitative estimate of drug-likeness (QED) is 0.776. The molecule has 1 fully saturated rings. The number of nitrogens with zero attached hydrogens (tertiary/aromatic N) is 1. The van der Waals surface area contributed by atoms with Crippen LogP contribution in [0.4, 0.5) is 0 Å². The molecule has 0 heterocycles. The molecular weight excluding hydrogens is 212 g/mol. The molecule has 0 aliphatic heterocycles. The van der Waals surface area contributed by atoms with Gasteiger partial charge in [0.2, 0.25) is 0 Å². The molecule has 0 unspecified atom stereocenters. The van der Waals surface area contributed by atoms with Gasteiger partial charge in [-0.15, -0.1) is 0 Å². The molecule has 0 bridgehead atoms. The van der Waals surface area contributed by atoms with E-state index in [4.69, 9.17) is 10.5 Å². The fraction of sp³-hybridized carbons (Fsp3) is 1.00. The van der Waals surface area contributed by atoms with Crippen molar-refractivity contribution in [2.24, 2.45) is 11.7 Å². The summed E-state index contributed by atoms with van der Waals surface area (Å²) < 4.78 is 5.45. The van der Waals surface area contributed by atoms with Crippen molar-refractivity contribution in [3.63, 3.8) is 0 Å². The van der Waals surface area contributed by atoms with Crippen LogP contribution in [0.2, 0.25) is 0 Å². The lowest BCUT2D eigenvalue weighted by Crippen LogP contribution is -2.55. The highest BCUT2D eigenvalue weighted by Gasteiger charge is 2.37. The fourth-order valence-electron chi connectivity index (χ4n) is 2.80. The summed E-state index contributed by atoms with van der Waals surface area (Å²) in [7, 11) is 4.06. The Bertz CT molecular complexity index is 210. The summed E-state index contributed by atoms with van der Waals surface area (Å²) in [5.41, 5.74) is 6.28. The number of likely N-dealkylation sites (N-methyl/N-ethyl adjacent to an activating group) is 1. The molecule has 17 heavy (non-hydrogen) atoms. The first-order valence-electron chi connectivity index (χ1n) is 6.98. The SMILES string of the molecule is COC1CCC(CN)(N(C)CCC(C)C)CC1. The lowest BCUT2D eigenvalue weighted by Gasteiger charge is -2.46. The van der Waals surface area contributed by atoms with Gasteiger partial charge in [0, 0.05) is 19.2 Å². The molecule has 1 aliphatic rings. The highest BCUT2D eigenvalue weighted by molar-refractivity contribution is 4.95. The van der Waals surface area contributed by atoms with Gasteiger partial charge in [-0.2, -0.15) is 0 Å². The molecule has 0 radical (unpaired) electrons. The monoisotopic (exact) mass is 242 g/mol. The minimum absolute atomic E-state index is 0.226. The second kappa shape index (κ2) is 6.72. The van der Waals surface area contributed by atoms with E-state index in [1.54, 1.807) is 0 Å². The molecule has 1 aliphatic carbocycles. The fourth-order valence-corrected chi connectivity index (χ4v) is 2.80.